The highest BCUT2D eigenvalue weighted by atomic mass is 16.1. The van der Waals surface area contributed by atoms with Gasteiger partial charge in [-0.25, -0.2) is 4.98 Å². The van der Waals surface area contributed by atoms with Crippen molar-refractivity contribution in [3.8, 4) is 0 Å². The molecular weight excluding hydrogens is 216 g/mol. The van der Waals surface area contributed by atoms with E-state index in [1.54, 1.807) is 6.20 Å². The van der Waals surface area contributed by atoms with Crippen molar-refractivity contribution in [2.24, 2.45) is 0 Å². The van der Waals surface area contributed by atoms with Gasteiger partial charge in [-0.2, -0.15) is 0 Å². The lowest BCUT2D eigenvalue weighted by Gasteiger charge is -2.21. The molecule has 2 rings (SSSR count). The molecule has 1 fully saturated rings. The number of imidazole rings is 1. The van der Waals surface area contributed by atoms with Crippen LogP contribution in [0.15, 0.2) is 23.5 Å². The molecule has 2 heterocycles. The van der Waals surface area contributed by atoms with Crippen LogP contribution in [0.4, 0.5) is 0 Å². The molecule has 0 bridgehead atoms. The maximum absolute atomic E-state index is 11.7. The van der Waals surface area contributed by atoms with Gasteiger partial charge in [0, 0.05) is 44.0 Å². The number of aromatic amines is 1. The van der Waals surface area contributed by atoms with Crippen molar-refractivity contribution >= 4 is 5.91 Å². The fourth-order valence-corrected chi connectivity index (χ4v) is 1.70. The molecule has 0 aromatic carbocycles. The smallest absolute Gasteiger partial charge is 0.246 e. The van der Waals surface area contributed by atoms with E-state index in [0.717, 1.165) is 37.3 Å². The molecule has 3 N–H and O–H groups in total. The molecule has 0 radical (unpaired) electrons. The van der Waals surface area contributed by atoms with Crippen LogP contribution < -0.4 is 10.6 Å². The highest BCUT2D eigenvalue weighted by molar-refractivity contribution is 5.93. The molecule has 0 spiro atoms. The number of aromatic nitrogens is 2. The van der Waals surface area contributed by atoms with Crippen molar-refractivity contribution in [3.63, 3.8) is 0 Å². The topological polar surface area (TPSA) is 69.8 Å². The molecule has 1 aliphatic rings. The Morgan fingerprint density at radius 2 is 2.35 bits per heavy atom. The Balaban J connectivity index is 1.66. The lowest BCUT2D eigenvalue weighted by molar-refractivity contribution is -0.117. The highest BCUT2D eigenvalue weighted by Gasteiger charge is 2.15. The molecule has 0 saturated carbocycles. The van der Waals surface area contributed by atoms with Crippen molar-refractivity contribution < 1.29 is 4.79 Å². The van der Waals surface area contributed by atoms with E-state index in [1.165, 1.54) is 5.57 Å². The lowest BCUT2D eigenvalue weighted by Crippen LogP contribution is -2.37. The van der Waals surface area contributed by atoms with Crippen molar-refractivity contribution in [2.75, 3.05) is 19.6 Å². The molecule has 0 unspecified atom stereocenters. The van der Waals surface area contributed by atoms with Gasteiger partial charge in [-0.3, -0.25) is 4.79 Å². The number of nitrogens with one attached hydrogen (secondary N) is 3. The average molecular weight is 234 g/mol. The van der Waals surface area contributed by atoms with Crippen LogP contribution in [-0.2, 0) is 11.2 Å². The number of aryl methyl sites for hydroxylation is 1. The van der Waals surface area contributed by atoms with Gasteiger partial charge >= 0.3 is 0 Å². The Labute approximate surface area is 101 Å². The number of H-pyrrole nitrogens is 1. The van der Waals surface area contributed by atoms with Gasteiger partial charge in [0.2, 0.25) is 5.91 Å². The van der Waals surface area contributed by atoms with E-state index in [4.69, 9.17) is 0 Å². The molecule has 1 saturated heterocycles. The van der Waals surface area contributed by atoms with E-state index in [2.05, 4.69) is 20.6 Å². The monoisotopic (exact) mass is 234 g/mol. The van der Waals surface area contributed by atoms with Crippen molar-refractivity contribution in [2.45, 2.75) is 19.8 Å². The molecule has 0 atom stereocenters. The van der Waals surface area contributed by atoms with E-state index in [9.17, 15) is 4.79 Å². The highest BCUT2D eigenvalue weighted by Crippen LogP contribution is 2.08. The first kappa shape index (κ1) is 11.9. The normalized spacial score (nSPS) is 14.3. The van der Waals surface area contributed by atoms with Crippen LogP contribution in [0.5, 0.6) is 0 Å². The maximum atomic E-state index is 11.7. The lowest BCUT2D eigenvalue weighted by atomic mass is 10.0. The largest absolute Gasteiger partial charge is 0.352 e. The minimum Gasteiger partial charge on any atom is -0.352 e. The third kappa shape index (κ3) is 3.17. The van der Waals surface area contributed by atoms with Crippen LogP contribution in [0.3, 0.4) is 0 Å². The zero-order valence-corrected chi connectivity index (χ0v) is 10.0. The zero-order chi connectivity index (χ0) is 12.1. The van der Waals surface area contributed by atoms with Crippen LogP contribution in [0.1, 0.15) is 19.2 Å². The summed E-state index contributed by atoms with van der Waals surface area (Å²) in [5.41, 5.74) is 2.08. The van der Waals surface area contributed by atoms with Gasteiger partial charge in [0.1, 0.15) is 5.82 Å². The molecule has 0 aliphatic carbocycles. The summed E-state index contributed by atoms with van der Waals surface area (Å²) < 4.78 is 0. The molecule has 1 aromatic heterocycles. The predicted octanol–water partition coefficient (Wildman–Crippen LogP) is 0.378. The van der Waals surface area contributed by atoms with E-state index in [1.807, 2.05) is 13.1 Å². The van der Waals surface area contributed by atoms with Crippen molar-refractivity contribution in [1.82, 2.24) is 20.6 Å². The summed E-state index contributed by atoms with van der Waals surface area (Å²) >= 11 is 0. The van der Waals surface area contributed by atoms with E-state index >= 15 is 0 Å². The summed E-state index contributed by atoms with van der Waals surface area (Å²) in [6.45, 7) is 4.28. The first-order valence-electron chi connectivity index (χ1n) is 5.93. The number of carbonyl (C=O) groups is 1. The van der Waals surface area contributed by atoms with E-state index in [0.29, 0.717) is 6.54 Å². The Morgan fingerprint density at radius 1 is 1.53 bits per heavy atom. The Kier molecular flexibility index (Phi) is 3.93. The average Bonchev–Trinajstić information content (AvgIpc) is 2.74. The SMILES string of the molecule is CC(C(=O)NCCCc1ncc[nH]1)=C1CNC1. The predicted molar refractivity (Wildman–Crippen MR) is 65.5 cm³/mol. The van der Waals surface area contributed by atoms with E-state index < -0.39 is 0 Å². The first-order valence-corrected chi connectivity index (χ1v) is 5.93. The van der Waals surface area contributed by atoms with Gasteiger partial charge in [0.25, 0.3) is 0 Å². The number of carbonyl (C=O) groups excluding carboxylic acids is 1. The molecule has 1 amide bonds. The number of hydrogen-bond donors (Lipinski definition) is 3. The molecule has 5 nitrogen and oxygen atoms in total. The standard InChI is InChI=1S/C12H18N4O/c1-9(10-7-13-8-10)12(17)16-4-2-3-11-14-5-6-15-11/h5-6,13H,2-4,7-8H2,1H3,(H,14,15)(H,16,17). The van der Waals surface area contributed by atoms with Crippen LogP contribution >= 0.6 is 0 Å². The van der Waals surface area contributed by atoms with Gasteiger partial charge in [-0.15, -0.1) is 0 Å². The van der Waals surface area contributed by atoms with Gasteiger partial charge in [0.15, 0.2) is 0 Å². The van der Waals surface area contributed by atoms with Crippen molar-refractivity contribution in [1.29, 1.82) is 0 Å². The minimum absolute atomic E-state index is 0.0564. The second-order valence-electron chi connectivity index (χ2n) is 4.23. The number of rotatable bonds is 5. The van der Waals surface area contributed by atoms with Gasteiger partial charge in [-0.05, 0) is 18.9 Å². The summed E-state index contributed by atoms with van der Waals surface area (Å²) in [7, 11) is 0. The third-order valence-corrected chi connectivity index (χ3v) is 2.98. The molecule has 17 heavy (non-hydrogen) atoms. The third-order valence-electron chi connectivity index (χ3n) is 2.98. The first-order chi connectivity index (χ1) is 8.27. The summed E-state index contributed by atoms with van der Waals surface area (Å²) in [4.78, 5) is 18.9. The van der Waals surface area contributed by atoms with Crippen LogP contribution in [-0.4, -0.2) is 35.5 Å². The number of hydrogen-bond acceptors (Lipinski definition) is 3. The fourth-order valence-electron chi connectivity index (χ4n) is 1.70. The Morgan fingerprint density at radius 3 is 2.94 bits per heavy atom. The Bertz CT molecular complexity index is 402. The summed E-state index contributed by atoms with van der Waals surface area (Å²) in [6, 6.07) is 0. The number of amides is 1. The Hall–Kier alpha value is -1.62. The molecule has 5 heteroatoms. The van der Waals surface area contributed by atoms with Crippen LogP contribution in [0, 0.1) is 0 Å². The van der Waals surface area contributed by atoms with Gasteiger partial charge in [0.05, 0.1) is 0 Å². The summed E-state index contributed by atoms with van der Waals surface area (Å²) in [6.07, 6.45) is 5.32. The zero-order valence-electron chi connectivity index (χ0n) is 10.0. The van der Waals surface area contributed by atoms with E-state index in [-0.39, 0.29) is 5.91 Å². The fraction of sp³-hybridized carbons (Fsp3) is 0.500. The van der Waals surface area contributed by atoms with Gasteiger partial charge < -0.3 is 15.6 Å². The summed E-state index contributed by atoms with van der Waals surface area (Å²) in [5.74, 6) is 1.03. The van der Waals surface area contributed by atoms with Gasteiger partial charge in [-0.1, -0.05) is 0 Å². The minimum atomic E-state index is 0.0564. The molecule has 1 aliphatic heterocycles. The maximum Gasteiger partial charge on any atom is 0.246 e. The second kappa shape index (κ2) is 5.63. The number of nitrogens with zero attached hydrogens (tertiary/aromatic N) is 1. The quantitative estimate of drug-likeness (QED) is 0.509. The molecular formula is C12H18N4O. The second-order valence-corrected chi connectivity index (χ2v) is 4.23. The van der Waals surface area contributed by atoms with Crippen LogP contribution in [0.25, 0.3) is 0 Å². The molecule has 92 valence electrons. The van der Waals surface area contributed by atoms with Crippen molar-refractivity contribution in [3.05, 3.63) is 29.4 Å². The molecule has 1 aromatic rings. The van der Waals surface area contributed by atoms with Crippen LogP contribution in [0.2, 0.25) is 0 Å². The summed E-state index contributed by atoms with van der Waals surface area (Å²) in [5, 5.41) is 6.06.